The summed E-state index contributed by atoms with van der Waals surface area (Å²) in [5.41, 5.74) is 0. The molecule has 1 rings (SSSR count). The van der Waals surface area contributed by atoms with Crippen LogP contribution in [0.3, 0.4) is 0 Å². The van der Waals surface area contributed by atoms with Gasteiger partial charge < -0.3 is 9.80 Å². The second kappa shape index (κ2) is 14.1. The number of ketones is 1. The molecule has 3 nitrogen and oxygen atoms in total. The highest BCUT2D eigenvalue weighted by molar-refractivity contribution is 5.85. The van der Waals surface area contributed by atoms with E-state index >= 15 is 0 Å². The van der Waals surface area contributed by atoms with E-state index in [0.29, 0.717) is 5.78 Å². The summed E-state index contributed by atoms with van der Waals surface area (Å²) in [6.07, 6.45) is 6.50. The zero-order chi connectivity index (χ0) is 13.2. The van der Waals surface area contributed by atoms with Gasteiger partial charge in [0.15, 0.2) is 0 Å². The summed E-state index contributed by atoms with van der Waals surface area (Å²) in [7, 11) is 0. The van der Waals surface area contributed by atoms with Crippen molar-refractivity contribution in [2.24, 2.45) is 0 Å². The van der Waals surface area contributed by atoms with Crippen LogP contribution in [0.25, 0.3) is 0 Å². The van der Waals surface area contributed by atoms with Crippen LogP contribution < -0.4 is 0 Å². The van der Waals surface area contributed by atoms with Crippen molar-refractivity contribution in [3.05, 3.63) is 0 Å². The van der Waals surface area contributed by atoms with Crippen molar-refractivity contribution in [2.45, 2.75) is 52.4 Å². The Bertz CT molecular complexity index is 232. The monoisotopic (exact) mass is 326 g/mol. The lowest BCUT2D eigenvalue weighted by Crippen LogP contribution is -2.47. The van der Waals surface area contributed by atoms with E-state index in [9.17, 15) is 4.79 Å². The average Bonchev–Trinajstić information content (AvgIpc) is 2.38. The standard InChI is InChI=1S/C15H30N2O.2ClH/c1-3-5-6-9-16-11-13-17(14-12-16)10-8-15(18)7-4-2;;/h3-14H2,1-2H3;2*1H. The highest BCUT2D eigenvalue weighted by Crippen LogP contribution is 2.06. The molecule has 1 fully saturated rings. The van der Waals surface area contributed by atoms with Crippen LogP contribution in [0.5, 0.6) is 0 Å². The molecule has 0 aromatic rings. The molecule has 0 unspecified atom stereocenters. The van der Waals surface area contributed by atoms with Crippen molar-refractivity contribution in [3.8, 4) is 0 Å². The molecule has 0 saturated carbocycles. The predicted molar refractivity (Wildman–Crippen MR) is 91.4 cm³/mol. The number of halogens is 2. The minimum absolute atomic E-state index is 0. The number of carbonyl (C=O) groups excluding carboxylic acids is 1. The molecule has 0 N–H and O–H groups in total. The molecule has 5 heteroatoms. The molecule has 1 aliphatic rings. The summed E-state index contributed by atoms with van der Waals surface area (Å²) in [4.78, 5) is 16.5. The van der Waals surface area contributed by atoms with Crippen LogP contribution in [0.1, 0.15) is 52.4 Å². The Labute approximate surface area is 137 Å². The molecule has 1 heterocycles. The molecule has 0 aromatic heterocycles. The summed E-state index contributed by atoms with van der Waals surface area (Å²) in [6.45, 7) is 11.2. The minimum Gasteiger partial charge on any atom is -0.301 e. The molecule has 0 radical (unpaired) electrons. The first-order valence-electron chi connectivity index (χ1n) is 7.72. The molecule has 0 amide bonds. The van der Waals surface area contributed by atoms with Crippen molar-refractivity contribution in [3.63, 3.8) is 0 Å². The first-order chi connectivity index (χ1) is 8.76. The molecule has 20 heavy (non-hydrogen) atoms. The number of hydrogen-bond acceptors (Lipinski definition) is 3. The van der Waals surface area contributed by atoms with Crippen LogP contribution in [0.2, 0.25) is 0 Å². The molecule has 0 spiro atoms. The van der Waals surface area contributed by atoms with Crippen LogP contribution in [-0.2, 0) is 4.79 Å². The second-order valence-corrected chi connectivity index (χ2v) is 5.43. The lowest BCUT2D eigenvalue weighted by molar-refractivity contribution is -0.119. The quantitative estimate of drug-likeness (QED) is 0.607. The predicted octanol–water partition coefficient (Wildman–Crippen LogP) is 3.40. The van der Waals surface area contributed by atoms with Gasteiger partial charge in [-0.25, -0.2) is 0 Å². The fraction of sp³-hybridized carbons (Fsp3) is 0.933. The smallest absolute Gasteiger partial charge is 0.134 e. The molecular weight excluding hydrogens is 295 g/mol. The van der Waals surface area contributed by atoms with E-state index < -0.39 is 0 Å². The summed E-state index contributed by atoms with van der Waals surface area (Å²) in [5.74, 6) is 0.433. The van der Waals surface area contributed by atoms with Crippen molar-refractivity contribution in [2.75, 3.05) is 39.3 Å². The van der Waals surface area contributed by atoms with Gasteiger partial charge in [-0.3, -0.25) is 4.79 Å². The fourth-order valence-corrected chi connectivity index (χ4v) is 2.51. The topological polar surface area (TPSA) is 23.6 Å². The summed E-state index contributed by atoms with van der Waals surface area (Å²) in [5, 5.41) is 0. The third-order valence-corrected chi connectivity index (χ3v) is 3.78. The van der Waals surface area contributed by atoms with Crippen molar-refractivity contribution in [1.82, 2.24) is 9.80 Å². The molecule has 0 atom stereocenters. The van der Waals surface area contributed by atoms with Gasteiger partial charge in [0.05, 0.1) is 0 Å². The molecular formula is C15H32Cl2N2O. The van der Waals surface area contributed by atoms with Crippen molar-refractivity contribution < 1.29 is 4.79 Å². The normalized spacial score (nSPS) is 16.3. The van der Waals surface area contributed by atoms with E-state index in [2.05, 4.69) is 23.6 Å². The molecule has 1 saturated heterocycles. The molecule has 1 aliphatic heterocycles. The summed E-state index contributed by atoms with van der Waals surface area (Å²) in [6, 6.07) is 0. The van der Waals surface area contributed by atoms with Crippen LogP contribution in [-0.4, -0.2) is 54.9 Å². The third kappa shape index (κ3) is 9.98. The van der Waals surface area contributed by atoms with E-state index in [1.54, 1.807) is 0 Å². The van der Waals surface area contributed by atoms with Crippen LogP contribution in [0.4, 0.5) is 0 Å². The van der Waals surface area contributed by atoms with E-state index in [4.69, 9.17) is 0 Å². The Kier molecular flexibility index (Phi) is 15.9. The van der Waals surface area contributed by atoms with Crippen molar-refractivity contribution in [1.29, 1.82) is 0 Å². The van der Waals surface area contributed by atoms with Crippen molar-refractivity contribution >= 4 is 30.6 Å². The zero-order valence-electron chi connectivity index (χ0n) is 13.1. The number of Topliss-reactive ketones (excluding diaryl/α,β-unsaturated/α-hetero) is 1. The van der Waals surface area contributed by atoms with Gasteiger partial charge >= 0.3 is 0 Å². The summed E-state index contributed by atoms with van der Waals surface area (Å²) < 4.78 is 0. The van der Waals surface area contributed by atoms with Gasteiger partial charge in [-0.15, -0.1) is 24.8 Å². The Hall–Kier alpha value is 0.170. The number of unbranched alkanes of at least 4 members (excludes halogenated alkanes) is 2. The second-order valence-electron chi connectivity index (χ2n) is 5.43. The van der Waals surface area contributed by atoms with E-state index in [1.807, 2.05) is 0 Å². The molecule has 0 aromatic carbocycles. The number of rotatable bonds is 9. The molecule has 122 valence electrons. The fourth-order valence-electron chi connectivity index (χ4n) is 2.51. The first kappa shape index (κ1) is 22.5. The van der Waals surface area contributed by atoms with Gasteiger partial charge in [0.1, 0.15) is 5.78 Å². The Balaban J connectivity index is 0. The molecule has 0 bridgehead atoms. The minimum atomic E-state index is 0. The maximum Gasteiger partial charge on any atom is 0.134 e. The van der Waals surface area contributed by atoms with Crippen LogP contribution in [0.15, 0.2) is 0 Å². The SMILES string of the molecule is CCCCCN1CCN(CCC(=O)CCC)CC1.Cl.Cl. The largest absolute Gasteiger partial charge is 0.301 e. The maximum atomic E-state index is 11.5. The number of nitrogens with zero attached hydrogens (tertiary/aromatic N) is 2. The van der Waals surface area contributed by atoms with Gasteiger partial charge in [0, 0.05) is 45.6 Å². The Morgan fingerprint density at radius 1 is 0.800 bits per heavy atom. The first-order valence-corrected chi connectivity index (χ1v) is 7.72. The number of hydrogen-bond donors (Lipinski definition) is 0. The lowest BCUT2D eigenvalue weighted by atomic mass is 10.1. The van der Waals surface area contributed by atoms with Gasteiger partial charge in [-0.05, 0) is 19.4 Å². The highest BCUT2D eigenvalue weighted by atomic mass is 35.5. The van der Waals surface area contributed by atoms with Gasteiger partial charge in [-0.1, -0.05) is 26.7 Å². The van der Waals surface area contributed by atoms with Gasteiger partial charge in [-0.2, -0.15) is 0 Å². The number of piperazine rings is 1. The van der Waals surface area contributed by atoms with E-state index in [1.165, 1.54) is 38.9 Å². The van der Waals surface area contributed by atoms with Gasteiger partial charge in [0.2, 0.25) is 0 Å². The maximum absolute atomic E-state index is 11.5. The molecule has 0 aliphatic carbocycles. The van der Waals surface area contributed by atoms with E-state index in [-0.39, 0.29) is 24.8 Å². The van der Waals surface area contributed by atoms with Gasteiger partial charge in [0.25, 0.3) is 0 Å². The summed E-state index contributed by atoms with van der Waals surface area (Å²) >= 11 is 0. The highest BCUT2D eigenvalue weighted by Gasteiger charge is 2.16. The third-order valence-electron chi connectivity index (χ3n) is 3.78. The number of carbonyl (C=O) groups is 1. The Morgan fingerprint density at radius 2 is 1.35 bits per heavy atom. The van der Waals surface area contributed by atoms with E-state index in [0.717, 1.165) is 38.9 Å². The average molecular weight is 327 g/mol. The lowest BCUT2D eigenvalue weighted by Gasteiger charge is -2.34. The van der Waals surface area contributed by atoms with Crippen LogP contribution in [0, 0.1) is 0 Å². The Morgan fingerprint density at radius 3 is 1.85 bits per heavy atom. The van der Waals surface area contributed by atoms with Crippen LogP contribution >= 0.6 is 24.8 Å². The zero-order valence-corrected chi connectivity index (χ0v) is 14.7.